The van der Waals surface area contributed by atoms with Crippen LogP contribution in [0.4, 0.5) is 0 Å². The highest BCUT2D eigenvalue weighted by Gasteiger charge is 2.10. The van der Waals surface area contributed by atoms with Crippen LogP contribution in [0.25, 0.3) is 5.69 Å². The molecule has 0 unspecified atom stereocenters. The summed E-state index contributed by atoms with van der Waals surface area (Å²) in [6.07, 6.45) is 4.57. The maximum atomic E-state index is 10.0. The molecule has 1 aromatic heterocycles. The molecule has 0 aliphatic rings. The molecule has 0 aliphatic carbocycles. The smallest absolute Gasteiger partial charge is 0.217 e. The SMILES string of the molecule is CSCCc1cnn(-c2ccc(Cl)cc2)c1O. The number of aryl methyl sites for hydroxylation is 1. The molecule has 3 nitrogen and oxygen atoms in total. The summed E-state index contributed by atoms with van der Waals surface area (Å²) in [5, 5.41) is 14.9. The number of rotatable bonds is 4. The fourth-order valence-electron chi connectivity index (χ4n) is 1.54. The fraction of sp³-hybridized carbons (Fsp3) is 0.250. The standard InChI is InChI=1S/C12H13ClN2OS/c1-17-7-6-9-8-14-15(12(9)16)11-4-2-10(13)3-5-11/h2-5,8,16H,6-7H2,1H3. The lowest BCUT2D eigenvalue weighted by Gasteiger charge is -2.03. The summed E-state index contributed by atoms with van der Waals surface area (Å²) in [5.74, 6) is 1.18. The lowest BCUT2D eigenvalue weighted by atomic mass is 10.2. The van der Waals surface area contributed by atoms with Gasteiger partial charge in [-0.05, 0) is 42.7 Å². The van der Waals surface area contributed by atoms with Crippen molar-refractivity contribution >= 4 is 23.4 Å². The zero-order chi connectivity index (χ0) is 12.3. The van der Waals surface area contributed by atoms with Gasteiger partial charge in [0.05, 0.1) is 11.9 Å². The molecule has 1 heterocycles. The van der Waals surface area contributed by atoms with E-state index in [9.17, 15) is 5.11 Å². The van der Waals surface area contributed by atoms with E-state index in [1.165, 1.54) is 4.68 Å². The normalized spacial score (nSPS) is 10.7. The first-order valence-corrected chi connectivity index (χ1v) is 7.00. The van der Waals surface area contributed by atoms with Crippen LogP contribution in [0.2, 0.25) is 5.02 Å². The van der Waals surface area contributed by atoms with Gasteiger partial charge >= 0.3 is 0 Å². The average molecular weight is 269 g/mol. The maximum absolute atomic E-state index is 10.0. The molecule has 0 aliphatic heterocycles. The molecule has 1 aromatic carbocycles. The first-order valence-electron chi connectivity index (χ1n) is 5.23. The Balaban J connectivity index is 2.27. The number of nitrogens with zero attached hydrogens (tertiary/aromatic N) is 2. The van der Waals surface area contributed by atoms with Gasteiger partial charge in [0.2, 0.25) is 5.88 Å². The highest BCUT2D eigenvalue weighted by Crippen LogP contribution is 2.23. The van der Waals surface area contributed by atoms with Gasteiger partial charge in [0, 0.05) is 10.6 Å². The molecule has 2 rings (SSSR count). The van der Waals surface area contributed by atoms with Crippen LogP contribution in [0.3, 0.4) is 0 Å². The van der Waals surface area contributed by atoms with Crippen LogP contribution in [0.5, 0.6) is 5.88 Å². The van der Waals surface area contributed by atoms with Crippen LogP contribution in [-0.4, -0.2) is 26.9 Å². The molecule has 0 amide bonds. The van der Waals surface area contributed by atoms with E-state index in [1.807, 2.05) is 18.4 Å². The summed E-state index contributed by atoms with van der Waals surface area (Å²) in [7, 11) is 0. The Morgan fingerprint density at radius 1 is 1.35 bits per heavy atom. The van der Waals surface area contributed by atoms with Gasteiger partial charge in [-0.3, -0.25) is 0 Å². The Morgan fingerprint density at radius 2 is 2.06 bits per heavy atom. The van der Waals surface area contributed by atoms with Crippen molar-refractivity contribution in [2.24, 2.45) is 0 Å². The molecule has 0 radical (unpaired) electrons. The van der Waals surface area contributed by atoms with Gasteiger partial charge in [0.25, 0.3) is 0 Å². The number of thioether (sulfide) groups is 1. The van der Waals surface area contributed by atoms with Gasteiger partial charge in [0.1, 0.15) is 0 Å². The van der Waals surface area contributed by atoms with Gasteiger partial charge in [0.15, 0.2) is 0 Å². The minimum absolute atomic E-state index is 0.210. The number of aromatic nitrogens is 2. The molecule has 0 fully saturated rings. The molecule has 2 aromatic rings. The Kier molecular flexibility index (Phi) is 3.97. The van der Waals surface area contributed by atoms with Gasteiger partial charge in [-0.1, -0.05) is 11.6 Å². The predicted octanol–water partition coefficient (Wildman–Crippen LogP) is 3.14. The lowest BCUT2D eigenvalue weighted by Crippen LogP contribution is -1.95. The van der Waals surface area contributed by atoms with Crippen LogP contribution >= 0.6 is 23.4 Å². The average Bonchev–Trinajstić information content (AvgIpc) is 2.69. The van der Waals surface area contributed by atoms with Gasteiger partial charge in [-0.15, -0.1) is 0 Å². The highest BCUT2D eigenvalue weighted by molar-refractivity contribution is 7.98. The first-order chi connectivity index (χ1) is 8.22. The summed E-state index contributed by atoms with van der Waals surface area (Å²) in [5.41, 5.74) is 1.68. The summed E-state index contributed by atoms with van der Waals surface area (Å²) in [4.78, 5) is 0. The number of hydrogen-bond acceptors (Lipinski definition) is 3. The van der Waals surface area contributed by atoms with E-state index < -0.39 is 0 Å². The van der Waals surface area contributed by atoms with E-state index in [-0.39, 0.29) is 5.88 Å². The number of aromatic hydroxyl groups is 1. The van der Waals surface area contributed by atoms with Crippen molar-refractivity contribution < 1.29 is 5.11 Å². The number of benzene rings is 1. The molecule has 0 spiro atoms. The fourth-order valence-corrected chi connectivity index (χ4v) is 2.09. The molecule has 5 heteroatoms. The van der Waals surface area contributed by atoms with Crippen LogP contribution in [0, 0.1) is 0 Å². The second-order valence-corrected chi connectivity index (χ2v) is 5.05. The zero-order valence-electron chi connectivity index (χ0n) is 9.43. The van der Waals surface area contributed by atoms with Crippen molar-refractivity contribution in [3.8, 4) is 11.6 Å². The Labute approximate surface area is 109 Å². The summed E-state index contributed by atoms with van der Waals surface area (Å²) in [6, 6.07) is 7.21. The highest BCUT2D eigenvalue weighted by atomic mass is 35.5. The van der Waals surface area contributed by atoms with E-state index >= 15 is 0 Å². The second-order valence-electron chi connectivity index (χ2n) is 3.62. The van der Waals surface area contributed by atoms with Gasteiger partial charge in [-0.2, -0.15) is 16.9 Å². The van der Waals surface area contributed by atoms with Crippen LogP contribution < -0.4 is 0 Å². The number of hydrogen-bond donors (Lipinski definition) is 1. The molecule has 0 saturated carbocycles. The quantitative estimate of drug-likeness (QED) is 0.926. The van der Waals surface area contributed by atoms with Crippen molar-refractivity contribution in [1.29, 1.82) is 0 Å². The topological polar surface area (TPSA) is 38.0 Å². The van der Waals surface area contributed by atoms with Crippen molar-refractivity contribution in [3.63, 3.8) is 0 Å². The monoisotopic (exact) mass is 268 g/mol. The zero-order valence-corrected chi connectivity index (χ0v) is 11.0. The van der Waals surface area contributed by atoms with Gasteiger partial charge in [-0.25, -0.2) is 4.68 Å². The molecule has 17 heavy (non-hydrogen) atoms. The van der Waals surface area contributed by atoms with E-state index in [2.05, 4.69) is 5.10 Å². The molecule has 1 N–H and O–H groups in total. The third-order valence-corrected chi connectivity index (χ3v) is 3.33. The molecule has 0 saturated heterocycles. The Morgan fingerprint density at radius 3 is 2.71 bits per heavy atom. The largest absolute Gasteiger partial charge is 0.493 e. The molecule has 90 valence electrons. The molecule has 0 bridgehead atoms. The molecular weight excluding hydrogens is 256 g/mol. The van der Waals surface area contributed by atoms with Crippen LogP contribution in [0.1, 0.15) is 5.56 Å². The Hall–Kier alpha value is -1.13. The molecular formula is C12H13ClN2OS. The predicted molar refractivity (Wildman–Crippen MR) is 72.3 cm³/mol. The summed E-state index contributed by atoms with van der Waals surface area (Å²) >= 11 is 7.56. The van der Waals surface area contributed by atoms with Crippen molar-refractivity contribution in [1.82, 2.24) is 9.78 Å². The van der Waals surface area contributed by atoms with Crippen molar-refractivity contribution in [2.45, 2.75) is 6.42 Å². The third kappa shape index (κ3) is 2.76. The van der Waals surface area contributed by atoms with E-state index in [4.69, 9.17) is 11.6 Å². The summed E-state index contributed by atoms with van der Waals surface area (Å²) < 4.78 is 1.52. The van der Waals surface area contributed by atoms with Crippen LogP contribution in [-0.2, 0) is 6.42 Å². The van der Waals surface area contributed by atoms with E-state index in [0.717, 1.165) is 23.4 Å². The Bertz CT molecular complexity index is 496. The van der Waals surface area contributed by atoms with Crippen molar-refractivity contribution in [2.75, 3.05) is 12.0 Å². The maximum Gasteiger partial charge on any atom is 0.217 e. The number of halogens is 1. The third-order valence-electron chi connectivity index (χ3n) is 2.46. The second kappa shape index (κ2) is 5.47. The summed E-state index contributed by atoms with van der Waals surface area (Å²) in [6.45, 7) is 0. The van der Waals surface area contributed by atoms with E-state index in [0.29, 0.717) is 5.02 Å². The lowest BCUT2D eigenvalue weighted by molar-refractivity contribution is 0.428. The van der Waals surface area contributed by atoms with E-state index in [1.54, 1.807) is 30.1 Å². The minimum Gasteiger partial charge on any atom is -0.493 e. The van der Waals surface area contributed by atoms with Crippen LogP contribution in [0.15, 0.2) is 30.5 Å². The van der Waals surface area contributed by atoms with Gasteiger partial charge < -0.3 is 5.11 Å². The minimum atomic E-state index is 0.210. The van der Waals surface area contributed by atoms with Crippen molar-refractivity contribution in [3.05, 3.63) is 41.0 Å². The molecule has 0 atom stereocenters. The first kappa shape index (κ1) is 12.3.